The molecule has 3 atom stereocenters. The molecule has 6 nitrogen and oxygen atoms in total. The van der Waals surface area contributed by atoms with Crippen LogP contribution in [0.1, 0.15) is 37.0 Å². The third-order valence-electron chi connectivity index (χ3n) is 5.58. The standard InChI is InChI=1S/C22H25N3O3/c1-13(2)10-18-22(28)25-12-15(11-19(25)21(27)24-18)23-20(26)17-9-5-7-14-6-3-4-8-16(14)17/h3-9,13,15,18-19H,10-12H2,1-2H3,(H,23,26)(H,24,27)/t15-,18-,19-/m0/s1. The van der Waals surface area contributed by atoms with Gasteiger partial charge in [0.05, 0.1) is 0 Å². The van der Waals surface area contributed by atoms with Crippen LogP contribution in [0.2, 0.25) is 0 Å². The van der Waals surface area contributed by atoms with Crippen LogP contribution in [-0.4, -0.2) is 47.3 Å². The van der Waals surface area contributed by atoms with Crippen molar-refractivity contribution in [3.63, 3.8) is 0 Å². The zero-order valence-corrected chi connectivity index (χ0v) is 16.1. The second-order valence-corrected chi connectivity index (χ2v) is 8.13. The number of piperazine rings is 1. The Morgan fingerprint density at radius 2 is 1.93 bits per heavy atom. The third kappa shape index (κ3) is 3.35. The monoisotopic (exact) mass is 379 g/mol. The van der Waals surface area contributed by atoms with Crippen LogP contribution in [0.3, 0.4) is 0 Å². The molecule has 0 radical (unpaired) electrons. The second-order valence-electron chi connectivity index (χ2n) is 8.13. The fourth-order valence-corrected chi connectivity index (χ4v) is 4.28. The van der Waals surface area contributed by atoms with Gasteiger partial charge in [0, 0.05) is 18.2 Å². The van der Waals surface area contributed by atoms with Crippen LogP contribution in [-0.2, 0) is 9.59 Å². The number of hydrogen-bond acceptors (Lipinski definition) is 3. The van der Waals surface area contributed by atoms with E-state index in [-0.39, 0.29) is 23.8 Å². The molecular formula is C22H25N3O3. The van der Waals surface area contributed by atoms with E-state index in [2.05, 4.69) is 10.6 Å². The van der Waals surface area contributed by atoms with Crippen molar-refractivity contribution in [2.45, 2.75) is 44.8 Å². The van der Waals surface area contributed by atoms with E-state index in [1.54, 1.807) is 11.0 Å². The summed E-state index contributed by atoms with van der Waals surface area (Å²) < 4.78 is 0. The first-order valence-electron chi connectivity index (χ1n) is 9.83. The average molecular weight is 379 g/mol. The van der Waals surface area contributed by atoms with Gasteiger partial charge in [-0.2, -0.15) is 0 Å². The van der Waals surface area contributed by atoms with Crippen molar-refractivity contribution < 1.29 is 14.4 Å². The van der Waals surface area contributed by atoms with E-state index in [9.17, 15) is 14.4 Å². The van der Waals surface area contributed by atoms with Crippen molar-refractivity contribution in [2.75, 3.05) is 6.54 Å². The van der Waals surface area contributed by atoms with Crippen molar-refractivity contribution >= 4 is 28.5 Å². The van der Waals surface area contributed by atoms with Crippen LogP contribution in [0.4, 0.5) is 0 Å². The molecule has 0 aromatic heterocycles. The van der Waals surface area contributed by atoms with Crippen molar-refractivity contribution in [1.29, 1.82) is 0 Å². The summed E-state index contributed by atoms with van der Waals surface area (Å²) in [6.45, 7) is 4.44. The topological polar surface area (TPSA) is 78.5 Å². The molecule has 2 saturated heterocycles. The summed E-state index contributed by atoms with van der Waals surface area (Å²) in [6.07, 6.45) is 1.07. The molecule has 0 spiro atoms. The number of benzene rings is 2. The molecule has 28 heavy (non-hydrogen) atoms. The molecule has 2 aliphatic heterocycles. The molecule has 0 saturated carbocycles. The van der Waals surface area contributed by atoms with Gasteiger partial charge in [-0.25, -0.2) is 0 Å². The summed E-state index contributed by atoms with van der Waals surface area (Å²) in [5.74, 6) is -0.0177. The lowest BCUT2D eigenvalue weighted by molar-refractivity contribution is -0.147. The number of carbonyl (C=O) groups is 3. The van der Waals surface area contributed by atoms with E-state index in [1.807, 2.05) is 50.2 Å². The predicted octanol–water partition coefficient (Wildman–Crippen LogP) is 2.08. The summed E-state index contributed by atoms with van der Waals surface area (Å²) in [5.41, 5.74) is 0.608. The van der Waals surface area contributed by atoms with Crippen molar-refractivity contribution in [3.8, 4) is 0 Å². The number of nitrogens with one attached hydrogen (secondary N) is 2. The number of fused-ring (bicyclic) bond motifs is 2. The Bertz CT molecular complexity index is 934. The molecule has 2 fully saturated rings. The molecule has 2 aromatic rings. The lowest BCUT2D eigenvalue weighted by Gasteiger charge is -2.35. The fraction of sp³-hybridized carbons (Fsp3) is 0.409. The van der Waals surface area contributed by atoms with E-state index in [0.717, 1.165) is 10.8 Å². The highest BCUT2D eigenvalue weighted by atomic mass is 16.2. The minimum absolute atomic E-state index is 0.0415. The van der Waals surface area contributed by atoms with Crippen LogP contribution in [0, 0.1) is 5.92 Å². The highest BCUT2D eigenvalue weighted by Gasteiger charge is 2.46. The normalized spacial score (nSPS) is 24.4. The number of hydrogen-bond donors (Lipinski definition) is 2. The van der Waals surface area contributed by atoms with Crippen molar-refractivity contribution in [1.82, 2.24) is 15.5 Å². The smallest absolute Gasteiger partial charge is 0.252 e. The molecular weight excluding hydrogens is 354 g/mol. The zero-order chi connectivity index (χ0) is 19.8. The van der Waals surface area contributed by atoms with Gasteiger partial charge in [-0.05, 0) is 35.6 Å². The molecule has 0 aliphatic carbocycles. The van der Waals surface area contributed by atoms with Gasteiger partial charge in [0.1, 0.15) is 12.1 Å². The van der Waals surface area contributed by atoms with E-state index in [4.69, 9.17) is 0 Å². The maximum absolute atomic E-state index is 12.9. The molecule has 6 heteroatoms. The van der Waals surface area contributed by atoms with E-state index in [1.165, 1.54) is 0 Å². The van der Waals surface area contributed by atoms with Crippen LogP contribution in [0.15, 0.2) is 42.5 Å². The SMILES string of the molecule is CC(C)C[C@@H]1NC(=O)[C@@H]2C[C@H](NC(=O)c3cccc4ccccc34)CN2C1=O. The number of carbonyl (C=O) groups excluding carboxylic acids is 3. The maximum atomic E-state index is 12.9. The molecule has 0 bridgehead atoms. The first-order valence-corrected chi connectivity index (χ1v) is 9.83. The number of amides is 3. The van der Waals surface area contributed by atoms with Crippen molar-refractivity contribution in [2.24, 2.45) is 5.92 Å². The van der Waals surface area contributed by atoms with Gasteiger partial charge in [-0.3, -0.25) is 14.4 Å². The summed E-state index contributed by atoms with van der Waals surface area (Å²) in [6, 6.07) is 12.2. The Morgan fingerprint density at radius 1 is 1.18 bits per heavy atom. The van der Waals surface area contributed by atoms with Gasteiger partial charge in [-0.15, -0.1) is 0 Å². The first-order chi connectivity index (χ1) is 13.4. The molecule has 4 rings (SSSR count). The molecule has 3 amide bonds. The van der Waals surface area contributed by atoms with E-state index < -0.39 is 12.1 Å². The Labute approximate surface area is 164 Å². The van der Waals surface area contributed by atoms with Gasteiger partial charge < -0.3 is 15.5 Å². The van der Waals surface area contributed by atoms with E-state index >= 15 is 0 Å². The average Bonchev–Trinajstić information content (AvgIpc) is 3.09. The largest absolute Gasteiger partial charge is 0.347 e. The maximum Gasteiger partial charge on any atom is 0.252 e. The van der Waals surface area contributed by atoms with E-state index in [0.29, 0.717) is 30.9 Å². The summed E-state index contributed by atoms with van der Waals surface area (Å²) >= 11 is 0. The molecule has 146 valence electrons. The first kappa shape index (κ1) is 18.5. The van der Waals surface area contributed by atoms with Crippen LogP contribution in [0.5, 0.6) is 0 Å². The molecule has 0 unspecified atom stereocenters. The number of rotatable bonds is 4. The van der Waals surface area contributed by atoms with Gasteiger partial charge >= 0.3 is 0 Å². The number of nitrogens with zero attached hydrogens (tertiary/aromatic N) is 1. The summed E-state index contributed by atoms with van der Waals surface area (Å²) in [7, 11) is 0. The Morgan fingerprint density at radius 3 is 2.71 bits per heavy atom. The minimum atomic E-state index is -0.492. The summed E-state index contributed by atoms with van der Waals surface area (Å²) in [4.78, 5) is 39.8. The van der Waals surface area contributed by atoms with Gasteiger partial charge in [0.2, 0.25) is 11.8 Å². The molecule has 2 N–H and O–H groups in total. The lowest BCUT2D eigenvalue weighted by atomic mass is 9.99. The molecule has 2 aliphatic rings. The minimum Gasteiger partial charge on any atom is -0.347 e. The quantitative estimate of drug-likeness (QED) is 0.854. The van der Waals surface area contributed by atoms with Crippen molar-refractivity contribution in [3.05, 3.63) is 48.0 Å². The Balaban J connectivity index is 1.49. The lowest BCUT2D eigenvalue weighted by Crippen LogP contribution is -2.61. The van der Waals surface area contributed by atoms with Gasteiger partial charge in [0.25, 0.3) is 5.91 Å². The third-order valence-corrected chi connectivity index (χ3v) is 5.58. The zero-order valence-electron chi connectivity index (χ0n) is 16.1. The molecule has 2 aromatic carbocycles. The fourth-order valence-electron chi connectivity index (χ4n) is 4.28. The van der Waals surface area contributed by atoms with Crippen LogP contribution in [0.25, 0.3) is 10.8 Å². The Hall–Kier alpha value is -2.89. The van der Waals surface area contributed by atoms with Gasteiger partial charge in [-0.1, -0.05) is 50.2 Å². The highest BCUT2D eigenvalue weighted by Crippen LogP contribution is 2.25. The second kappa shape index (κ2) is 7.26. The Kier molecular flexibility index (Phi) is 4.79. The highest BCUT2D eigenvalue weighted by molar-refractivity contribution is 6.07. The van der Waals surface area contributed by atoms with Crippen LogP contribution >= 0.6 is 0 Å². The van der Waals surface area contributed by atoms with Gasteiger partial charge in [0.15, 0.2) is 0 Å². The summed E-state index contributed by atoms with van der Waals surface area (Å²) in [5, 5.41) is 7.78. The van der Waals surface area contributed by atoms with Crippen LogP contribution < -0.4 is 10.6 Å². The molecule has 2 heterocycles. The predicted molar refractivity (Wildman–Crippen MR) is 107 cm³/mol.